The molecular formula is C21H26N2O. The van der Waals surface area contributed by atoms with Crippen LogP contribution in [0.4, 0.5) is 5.69 Å². The van der Waals surface area contributed by atoms with E-state index in [0.717, 1.165) is 44.0 Å². The largest absolute Gasteiger partial charge is 0.496 e. The Bertz CT molecular complexity index is 688. The SMILES string of the molecule is COc1ccccc1C=CCN1CCN(c2cccc(C)c2)CC1. The molecule has 2 aromatic rings. The topological polar surface area (TPSA) is 15.7 Å². The van der Waals surface area contributed by atoms with Gasteiger partial charge in [-0.25, -0.2) is 0 Å². The van der Waals surface area contributed by atoms with Crippen LogP contribution < -0.4 is 9.64 Å². The van der Waals surface area contributed by atoms with Crippen LogP contribution in [0.1, 0.15) is 11.1 Å². The summed E-state index contributed by atoms with van der Waals surface area (Å²) in [5, 5.41) is 0. The lowest BCUT2D eigenvalue weighted by atomic mass is 10.1. The van der Waals surface area contributed by atoms with E-state index in [2.05, 4.69) is 59.2 Å². The molecule has 1 aliphatic rings. The van der Waals surface area contributed by atoms with E-state index >= 15 is 0 Å². The van der Waals surface area contributed by atoms with Crippen LogP contribution in [0.5, 0.6) is 5.75 Å². The molecule has 0 bridgehead atoms. The standard InChI is InChI=1S/C21H26N2O/c1-18-7-5-10-20(17-18)23-15-13-22(14-16-23)12-6-9-19-8-3-4-11-21(19)24-2/h3-11,17H,12-16H2,1-2H3. The first-order valence-electron chi connectivity index (χ1n) is 8.60. The molecular weight excluding hydrogens is 296 g/mol. The molecule has 0 atom stereocenters. The summed E-state index contributed by atoms with van der Waals surface area (Å²) in [5.41, 5.74) is 3.81. The molecule has 0 spiro atoms. The summed E-state index contributed by atoms with van der Waals surface area (Å²) in [5.74, 6) is 0.929. The van der Waals surface area contributed by atoms with Gasteiger partial charge in [-0.3, -0.25) is 4.90 Å². The average Bonchev–Trinajstić information content (AvgIpc) is 2.63. The molecule has 1 saturated heterocycles. The fraction of sp³-hybridized carbons (Fsp3) is 0.333. The predicted molar refractivity (Wildman–Crippen MR) is 102 cm³/mol. The number of aryl methyl sites for hydroxylation is 1. The second-order valence-electron chi connectivity index (χ2n) is 6.27. The summed E-state index contributed by atoms with van der Waals surface area (Å²) in [4.78, 5) is 4.98. The number of benzene rings is 2. The van der Waals surface area contributed by atoms with Gasteiger partial charge in [-0.1, -0.05) is 42.5 Å². The van der Waals surface area contributed by atoms with Gasteiger partial charge in [-0.15, -0.1) is 0 Å². The lowest BCUT2D eigenvalue weighted by Crippen LogP contribution is -2.46. The van der Waals surface area contributed by atoms with E-state index in [1.54, 1.807) is 7.11 Å². The maximum atomic E-state index is 5.39. The molecule has 2 aromatic carbocycles. The number of ether oxygens (including phenoxy) is 1. The van der Waals surface area contributed by atoms with Gasteiger partial charge in [0.25, 0.3) is 0 Å². The lowest BCUT2D eigenvalue weighted by Gasteiger charge is -2.35. The number of para-hydroxylation sites is 1. The van der Waals surface area contributed by atoms with Crippen molar-refractivity contribution in [1.29, 1.82) is 0 Å². The molecule has 126 valence electrons. The number of hydrogen-bond donors (Lipinski definition) is 0. The van der Waals surface area contributed by atoms with Crippen molar-refractivity contribution in [2.75, 3.05) is 44.7 Å². The van der Waals surface area contributed by atoms with E-state index in [0.29, 0.717) is 0 Å². The monoisotopic (exact) mass is 322 g/mol. The Morgan fingerprint density at radius 2 is 1.79 bits per heavy atom. The first kappa shape index (κ1) is 16.6. The molecule has 0 N–H and O–H groups in total. The Labute approximate surface area is 145 Å². The van der Waals surface area contributed by atoms with Crippen LogP contribution in [0.2, 0.25) is 0 Å². The van der Waals surface area contributed by atoms with E-state index in [9.17, 15) is 0 Å². The predicted octanol–water partition coefficient (Wildman–Crippen LogP) is 3.84. The molecule has 0 amide bonds. The van der Waals surface area contributed by atoms with Gasteiger partial charge >= 0.3 is 0 Å². The van der Waals surface area contributed by atoms with Crippen LogP contribution in [0.3, 0.4) is 0 Å². The molecule has 3 heteroatoms. The minimum absolute atomic E-state index is 0.929. The summed E-state index contributed by atoms with van der Waals surface area (Å²) in [6.45, 7) is 7.52. The Morgan fingerprint density at radius 1 is 1.00 bits per heavy atom. The number of anilines is 1. The van der Waals surface area contributed by atoms with E-state index in [4.69, 9.17) is 4.74 Å². The van der Waals surface area contributed by atoms with Crippen molar-refractivity contribution in [3.8, 4) is 5.75 Å². The maximum absolute atomic E-state index is 5.39. The third-order valence-electron chi connectivity index (χ3n) is 4.54. The first-order valence-corrected chi connectivity index (χ1v) is 8.60. The molecule has 3 nitrogen and oxygen atoms in total. The van der Waals surface area contributed by atoms with Gasteiger partial charge < -0.3 is 9.64 Å². The van der Waals surface area contributed by atoms with Crippen LogP contribution in [0, 0.1) is 6.92 Å². The van der Waals surface area contributed by atoms with Crippen molar-refractivity contribution in [2.45, 2.75) is 6.92 Å². The molecule has 0 saturated carbocycles. The van der Waals surface area contributed by atoms with Crippen molar-refractivity contribution >= 4 is 11.8 Å². The fourth-order valence-corrected chi connectivity index (χ4v) is 3.15. The minimum atomic E-state index is 0.929. The zero-order valence-corrected chi connectivity index (χ0v) is 14.6. The van der Waals surface area contributed by atoms with Crippen molar-refractivity contribution in [2.24, 2.45) is 0 Å². The summed E-state index contributed by atoms with van der Waals surface area (Å²) in [6, 6.07) is 16.9. The Morgan fingerprint density at radius 3 is 2.54 bits per heavy atom. The van der Waals surface area contributed by atoms with Crippen molar-refractivity contribution in [3.05, 3.63) is 65.7 Å². The van der Waals surface area contributed by atoms with Crippen molar-refractivity contribution < 1.29 is 4.74 Å². The van der Waals surface area contributed by atoms with Crippen LogP contribution in [-0.4, -0.2) is 44.7 Å². The number of nitrogens with zero attached hydrogens (tertiary/aromatic N) is 2. The van der Waals surface area contributed by atoms with Gasteiger partial charge in [0.15, 0.2) is 0 Å². The smallest absolute Gasteiger partial charge is 0.126 e. The fourth-order valence-electron chi connectivity index (χ4n) is 3.15. The molecule has 1 fully saturated rings. The normalized spacial score (nSPS) is 15.8. The van der Waals surface area contributed by atoms with Crippen LogP contribution in [-0.2, 0) is 0 Å². The highest BCUT2D eigenvalue weighted by Crippen LogP contribution is 2.19. The zero-order valence-electron chi connectivity index (χ0n) is 14.6. The third kappa shape index (κ3) is 4.18. The van der Waals surface area contributed by atoms with E-state index in [1.807, 2.05) is 18.2 Å². The van der Waals surface area contributed by atoms with Crippen LogP contribution in [0.25, 0.3) is 6.08 Å². The van der Waals surface area contributed by atoms with E-state index in [1.165, 1.54) is 11.3 Å². The van der Waals surface area contributed by atoms with Crippen molar-refractivity contribution in [3.63, 3.8) is 0 Å². The number of rotatable bonds is 5. The van der Waals surface area contributed by atoms with Gasteiger partial charge in [0.1, 0.15) is 5.75 Å². The van der Waals surface area contributed by atoms with E-state index in [-0.39, 0.29) is 0 Å². The van der Waals surface area contributed by atoms with Crippen molar-refractivity contribution in [1.82, 2.24) is 4.90 Å². The highest BCUT2D eigenvalue weighted by molar-refractivity contribution is 5.57. The Kier molecular flexibility index (Phi) is 5.55. The average molecular weight is 322 g/mol. The number of piperazine rings is 1. The van der Waals surface area contributed by atoms with Crippen LogP contribution in [0.15, 0.2) is 54.6 Å². The third-order valence-corrected chi connectivity index (χ3v) is 4.54. The summed E-state index contributed by atoms with van der Waals surface area (Å²) in [6.07, 6.45) is 4.39. The molecule has 24 heavy (non-hydrogen) atoms. The van der Waals surface area contributed by atoms with Gasteiger partial charge in [0, 0.05) is 44.0 Å². The molecule has 1 heterocycles. The maximum Gasteiger partial charge on any atom is 0.126 e. The molecule has 0 unspecified atom stereocenters. The molecule has 1 aliphatic heterocycles. The highest BCUT2D eigenvalue weighted by atomic mass is 16.5. The Hall–Kier alpha value is -2.26. The van der Waals surface area contributed by atoms with Gasteiger partial charge in [-0.05, 0) is 30.7 Å². The summed E-state index contributed by atoms with van der Waals surface area (Å²) < 4.78 is 5.39. The molecule has 0 aliphatic carbocycles. The second-order valence-corrected chi connectivity index (χ2v) is 6.27. The molecule has 0 aromatic heterocycles. The second kappa shape index (κ2) is 8.02. The van der Waals surface area contributed by atoms with Gasteiger partial charge in [0.2, 0.25) is 0 Å². The minimum Gasteiger partial charge on any atom is -0.496 e. The van der Waals surface area contributed by atoms with Gasteiger partial charge in [0.05, 0.1) is 7.11 Å². The quantitative estimate of drug-likeness (QED) is 0.832. The van der Waals surface area contributed by atoms with Crippen LogP contribution >= 0.6 is 0 Å². The highest BCUT2D eigenvalue weighted by Gasteiger charge is 2.16. The molecule has 3 rings (SSSR count). The lowest BCUT2D eigenvalue weighted by molar-refractivity contribution is 0.284. The van der Waals surface area contributed by atoms with Gasteiger partial charge in [-0.2, -0.15) is 0 Å². The zero-order chi connectivity index (χ0) is 16.8. The summed E-state index contributed by atoms with van der Waals surface area (Å²) in [7, 11) is 1.72. The summed E-state index contributed by atoms with van der Waals surface area (Å²) >= 11 is 0. The first-order chi connectivity index (χ1) is 11.8. The molecule has 0 radical (unpaired) electrons. The van der Waals surface area contributed by atoms with E-state index < -0.39 is 0 Å². The number of methoxy groups -OCH3 is 1. The number of hydrogen-bond acceptors (Lipinski definition) is 3. The Balaban J connectivity index is 1.51.